The Labute approximate surface area is 341 Å². The molecule has 0 heteroatoms. The van der Waals surface area contributed by atoms with E-state index in [2.05, 4.69) is 0 Å². The summed E-state index contributed by atoms with van der Waals surface area (Å²) in [5.41, 5.74) is 7.42. The molecule has 0 saturated heterocycles. The molecular weight excluding hydrogens is 757 g/mol. The van der Waals surface area contributed by atoms with E-state index in [-0.39, 0.29) is 10.8 Å². The van der Waals surface area contributed by atoms with Crippen LogP contribution in [0.3, 0.4) is 0 Å². The quantitative estimate of drug-likeness (QED) is 0.135. The van der Waals surface area contributed by atoms with Crippen LogP contribution in [-0.2, 0) is 10.8 Å². The van der Waals surface area contributed by atoms with Gasteiger partial charge in [0.2, 0.25) is 0 Å². The van der Waals surface area contributed by atoms with Crippen molar-refractivity contribution < 1.29 is 0 Å². The van der Waals surface area contributed by atoms with E-state index in [1.54, 1.807) is 291 Å². The molecule has 0 nitrogen and oxygen atoms in total. The van der Waals surface area contributed by atoms with Gasteiger partial charge in [0.1, 0.15) is 0 Å². The van der Waals surface area contributed by atoms with Crippen molar-refractivity contribution in [3.8, 4) is 0 Å². The van der Waals surface area contributed by atoms with Crippen molar-refractivity contribution in [2.45, 2.75) is 30.1 Å². The smallest absolute Gasteiger partial charge is 0.0366 e. The largest absolute Gasteiger partial charge is 0.0509 e. The Kier molecular flexibility index (Phi) is 1.65. The van der Waals surface area contributed by atoms with E-state index in [4.69, 9.17) is 0 Å². The molecule has 33 rings (SSSR count). The highest BCUT2D eigenvalue weighted by atomic mass is 14.7. The molecule has 258 valence electrons. The van der Waals surface area contributed by atoms with Crippen LogP contribution >= 0.6 is 0 Å². The summed E-state index contributed by atoms with van der Waals surface area (Å²) in [7, 11) is 0. The Hall–Kier alpha value is -7.54. The number of hydrogen-bond acceptors (Lipinski definition) is 0. The van der Waals surface area contributed by atoms with Crippen LogP contribution in [0.5, 0.6) is 0 Å². The maximum absolute atomic E-state index is 1.86. The van der Waals surface area contributed by atoms with Crippen LogP contribution < -0.4 is 0 Å². The molecule has 5 aliphatic rings. The minimum atomic E-state index is -0.00162. The molecule has 2 atom stereocenters. The lowest BCUT2D eigenvalue weighted by atomic mass is 9.52. The molecule has 0 bridgehead atoms. The van der Waals surface area contributed by atoms with E-state index in [0.29, 0.717) is 0 Å². The normalized spacial score (nSPS) is 23.8. The first-order valence-electron chi connectivity index (χ1n) is 24.2. The third kappa shape index (κ3) is 1.07. The molecule has 28 aromatic carbocycles. The van der Waals surface area contributed by atoms with E-state index in [9.17, 15) is 0 Å². The van der Waals surface area contributed by atoms with Crippen LogP contribution in [0.1, 0.15) is 41.5 Å². The van der Waals surface area contributed by atoms with Crippen LogP contribution in [-0.4, -0.2) is 0 Å². The summed E-state index contributed by atoms with van der Waals surface area (Å²) in [6.45, 7) is 0. The van der Waals surface area contributed by atoms with Crippen molar-refractivity contribution in [1.82, 2.24) is 0 Å². The van der Waals surface area contributed by atoms with Gasteiger partial charge in [-0.3, -0.25) is 0 Å². The lowest BCUT2D eigenvalue weighted by molar-refractivity contribution is 0.392. The van der Waals surface area contributed by atoms with E-state index in [0.717, 1.165) is 0 Å². The molecule has 0 radical (unpaired) electrons. The van der Waals surface area contributed by atoms with Gasteiger partial charge in [0, 0.05) is 10.8 Å². The highest BCUT2D eigenvalue weighted by Gasteiger charge is 2.71. The Morgan fingerprint density at radius 1 is 0.127 bits per heavy atom. The summed E-state index contributed by atoms with van der Waals surface area (Å²) in [5, 5.41) is 92.3. The fourth-order valence-electron chi connectivity index (χ4n) is 25.1. The van der Waals surface area contributed by atoms with Crippen molar-refractivity contribution in [3.05, 3.63) is 22.3 Å². The molecule has 0 N–H and O–H groups in total. The Bertz CT molecular complexity index is 6660. The molecule has 63 heavy (non-hydrogen) atoms. The van der Waals surface area contributed by atoms with Crippen molar-refractivity contribution in [1.29, 1.82) is 0 Å². The van der Waals surface area contributed by atoms with Gasteiger partial charge in [-0.05, 0) is 326 Å². The molecule has 1 fully saturated rings. The second-order valence-corrected chi connectivity index (χ2v) is 24.4. The zero-order chi connectivity index (χ0) is 36.6. The Morgan fingerprint density at radius 2 is 0.238 bits per heavy atom. The maximum Gasteiger partial charge on any atom is 0.0366 e. The summed E-state index contributed by atoms with van der Waals surface area (Å²) in [5.74, 6) is 0. The Morgan fingerprint density at radius 3 is 0.429 bits per heavy atom. The number of rotatable bonds is 0. The van der Waals surface area contributed by atoms with Crippen molar-refractivity contribution in [2.24, 2.45) is 0 Å². The molecule has 2 spiro atoms. The lowest BCUT2D eigenvalue weighted by Gasteiger charge is -2.49. The first kappa shape index (κ1) is 22.0. The second kappa shape index (κ2) is 4.73. The summed E-state index contributed by atoms with van der Waals surface area (Å²) in [4.78, 5) is 0. The first-order valence-corrected chi connectivity index (χ1v) is 24.2. The van der Waals surface area contributed by atoms with E-state index in [1.165, 1.54) is 19.3 Å². The third-order valence-corrected chi connectivity index (χ3v) is 24.8. The molecule has 5 aliphatic carbocycles. The van der Waals surface area contributed by atoms with Crippen LogP contribution in [0, 0.1) is 0 Å². The van der Waals surface area contributed by atoms with E-state index in [1.807, 2.05) is 22.3 Å². The number of hydrogen-bond donors (Lipinski definition) is 0. The SMILES string of the molecule is C1CC23c4c5c6c7c8c9c(c%10c%11c2c2c%12c4c4c%13c5c5c7c7c8c8c%14c9c%10c9c%10c%11c2c2c%11c%12c4c4c%12c%13c5c5c7c7c8c8c%14c9c9c%10c2c2c%11c4c4c%12c5c7c5c8c9c2c45)C63C1. The summed E-state index contributed by atoms with van der Waals surface area (Å²) >= 11 is 0. The van der Waals surface area contributed by atoms with Crippen molar-refractivity contribution in [3.63, 3.8) is 0 Å². The van der Waals surface area contributed by atoms with E-state index >= 15 is 0 Å². The fourth-order valence-corrected chi connectivity index (χ4v) is 25.1. The predicted molar refractivity (Wildman–Crippen MR) is 268 cm³/mol. The molecule has 0 aromatic heterocycles. The van der Waals surface area contributed by atoms with Gasteiger partial charge < -0.3 is 0 Å². The zero-order valence-corrected chi connectivity index (χ0v) is 32.1. The summed E-state index contributed by atoms with van der Waals surface area (Å²) < 4.78 is 0. The van der Waals surface area contributed by atoms with Crippen LogP contribution in [0.2, 0.25) is 0 Å². The monoisotopic (exact) mass is 762 g/mol. The average molecular weight is 763 g/mol. The van der Waals surface area contributed by atoms with Crippen LogP contribution in [0.15, 0.2) is 0 Å². The van der Waals surface area contributed by atoms with Crippen molar-refractivity contribution >= 4 is 291 Å². The molecule has 28 aromatic rings. The minimum Gasteiger partial charge on any atom is -0.0509 e. The van der Waals surface area contributed by atoms with Gasteiger partial charge >= 0.3 is 0 Å². The van der Waals surface area contributed by atoms with Gasteiger partial charge in [-0.2, -0.15) is 0 Å². The van der Waals surface area contributed by atoms with E-state index < -0.39 is 0 Å². The maximum atomic E-state index is 1.86. The van der Waals surface area contributed by atoms with Gasteiger partial charge in [-0.25, -0.2) is 0 Å². The average Bonchev–Trinajstić information content (AvgIpc) is 4.12. The molecule has 1 saturated carbocycles. The third-order valence-electron chi connectivity index (χ3n) is 24.8. The predicted octanol–water partition coefficient (Wildman–Crippen LogP) is 17.5. The Balaban J connectivity index is 1.31. The van der Waals surface area contributed by atoms with Crippen LogP contribution in [0.25, 0.3) is 291 Å². The summed E-state index contributed by atoms with van der Waals surface area (Å²) in [6, 6.07) is 0. The molecule has 0 amide bonds. The first-order chi connectivity index (χ1) is 31.4. The van der Waals surface area contributed by atoms with Crippen LogP contribution in [0.4, 0.5) is 0 Å². The molecule has 0 aliphatic heterocycles. The lowest BCUT2D eigenvalue weighted by Crippen LogP contribution is -2.46. The topological polar surface area (TPSA) is 0 Å². The molecule has 0 heterocycles. The van der Waals surface area contributed by atoms with Gasteiger partial charge in [0.05, 0.1) is 0 Å². The number of benzene rings is 17. The summed E-state index contributed by atoms with van der Waals surface area (Å²) in [6.07, 6.45) is 3.95. The van der Waals surface area contributed by atoms with Gasteiger partial charge in [0.15, 0.2) is 0 Å². The highest BCUT2D eigenvalue weighted by molar-refractivity contribution is 6.82. The molecule has 2 unspecified atom stereocenters. The highest BCUT2D eigenvalue weighted by Crippen LogP contribution is 2.86. The van der Waals surface area contributed by atoms with Gasteiger partial charge in [0.25, 0.3) is 0 Å². The van der Waals surface area contributed by atoms with Gasteiger partial charge in [-0.15, -0.1) is 0 Å². The standard InChI is InChI=1S/C63H6/c1-2-62-58-51-44-32-24-15-6-4-5-7-10(6)19-26(24)34-35-27(19)25-16(7)18-14-9(5)12-11-8(4)13-17(15)30(32)38-36-22(13)20(11)28-29-21(12)23(14)37-39-31(18)33(25)45-47(35)56(55(58)46(34)44)59-52(45)50(39)54-43(37)41(29)48-40(28)42(36)53(49(38)51)60(62)57(48)61(54)63(59,62)3-1/h1-3H2. The fraction of sp³-hybridized carbons (Fsp3) is 0.0794. The van der Waals surface area contributed by atoms with Crippen molar-refractivity contribution in [2.75, 3.05) is 0 Å². The molecular formula is C63H6. The minimum absolute atomic E-state index is 0.00162. The zero-order valence-electron chi connectivity index (χ0n) is 32.1. The second-order valence-electron chi connectivity index (χ2n) is 24.4. The van der Waals surface area contributed by atoms with Gasteiger partial charge in [-0.1, -0.05) is 6.42 Å².